The zero-order chi connectivity index (χ0) is 10.1. The van der Waals surface area contributed by atoms with E-state index in [1.165, 1.54) is 11.4 Å². The highest BCUT2D eigenvalue weighted by Crippen LogP contribution is 2.16. The molecule has 72 valence electrons. The van der Waals surface area contributed by atoms with Crippen LogP contribution < -0.4 is 0 Å². The summed E-state index contributed by atoms with van der Waals surface area (Å²) >= 11 is 3.33. The number of pyridine rings is 1. The molecule has 0 amide bonds. The molecule has 3 heteroatoms. The Hall–Kier alpha value is -1.09. The van der Waals surface area contributed by atoms with Gasteiger partial charge in [-0.25, -0.2) is 4.98 Å². The van der Waals surface area contributed by atoms with Crippen LogP contribution in [0.5, 0.6) is 0 Å². The minimum Gasteiger partial charge on any atom is -0.317 e. The van der Waals surface area contributed by atoms with E-state index in [1.54, 1.807) is 0 Å². The first kappa shape index (κ1) is 9.46. The van der Waals surface area contributed by atoms with Gasteiger partial charge in [0.15, 0.2) is 0 Å². The number of rotatable bonds is 1. The van der Waals surface area contributed by atoms with E-state index in [2.05, 4.69) is 57.5 Å². The third-order valence-electron chi connectivity index (χ3n) is 2.24. The summed E-state index contributed by atoms with van der Waals surface area (Å²) in [6.45, 7) is 4.18. The minimum absolute atomic E-state index is 0.865. The zero-order valence-electron chi connectivity index (χ0n) is 8.16. The van der Waals surface area contributed by atoms with Crippen molar-refractivity contribution in [2.24, 2.45) is 0 Å². The molecule has 0 fully saturated rings. The largest absolute Gasteiger partial charge is 0.317 e. The Morgan fingerprint density at radius 2 is 1.71 bits per heavy atom. The fourth-order valence-electron chi connectivity index (χ4n) is 1.58. The molecule has 2 heterocycles. The van der Waals surface area contributed by atoms with Crippen molar-refractivity contribution >= 4 is 15.9 Å². The second kappa shape index (κ2) is 3.58. The molecule has 0 atom stereocenters. The number of hydrogen-bond acceptors (Lipinski definition) is 1. The molecule has 0 aromatic carbocycles. The molecule has 0 N–H and O–H groups in total. The Bertz CT molecular complexity index is 423. The fraction of sp³-hybridized carbons (Fsp3) is 0.182. The van der Waals surface area contributed by atoms with Crippen molar-refractivity contribution in [3.63, 3.8) is 0 Å². The van der Waals surface area contributed by atoms with Crippen LogP contribution in [0, 0.1) is 13.8 Å². The number of hydrogen-bond donors (Lipinski definition) is 0. The Balaban J connectivity index is 2.54. The van der Waals surface area contributed by atoms with Crippen LogP contribution in [0.4, 0.5) is 0 Å². The summed E-state index contributed by atoms with van der Waals surface area (Å²) in [7, 11) is 0. The molecule has 2 aromatic rings. The van der Waals surface area contributed by atoms with Crippen molar-refractivity contribution in [3.8, 4) is 5.69 Å². The van der Waals surface area contributed by atoms with Gasteiger partial charge in [0.1, 0.15) is 4.60 Å². The van der Waals surface area contributed by atoms with E-state index in [-0.39, 0.29) is 0 Å². The topological polar surface area (TPSA) is 17.8 Å². The molecule has 0 aliphatic rings. The first-order chi connectivity index (χ1) is 6.68. The van der Waals surface area contributed by atoms with Crippen LogP contribution in [0.2, 0.25) is 0 Å². The van der Waals surface area contributed by atoms with Crippen LogP contribution in [0.25, 0.3) is 5.69 Å². The summed E-state index contributed by atoms with van der Waals surface area (Å²) in [4.78, 5) is 4.21. The smallest absolute Gasteiger partial charge is 0.106 e. The summed E-state index contributed by atoms with van der Waals surface area (Å²) in [6, 6.07) is 8.22. The monoisotopic (exact) mass is 250 g/mol. The van der Waals surface area contributed by atoms with Gasteiger partial charge in [-0.2, -0.15) is 0 Å². The standard InChI is InChI=1S/C11H11BrN2/c1-8-3-4-9(2)14(8)10-5-6-11(12)13-7-10/h3-7H,1-2H3. The van der Waals surface area contributed by atoms with E-state index in [4.69, 9.17) is 0 Å². The van der Waals surface area contributed by atoms with Crippen LogP contribution in [0.3, 0.4) is 0 Å². The molecule has 0 radical (unpaired) electrons. The normalized spacial score (nSPS) is 10.5. The van der Waals surface area contributed by atoms with E-state index in [1.807, 2.05) is 12.3 Å². The zero-order valence-corrected chi connectivity index (χ0v) is 9.75. The Kier molecular flexibility index (Phi) is 2.42. The lowest BCUT2D eigenvalue weighted by Crippen LogP contribution is -1.98. The Morgan fingerprint density at radius 1 is 1.07 bits per heavy atom. The van der Waals surface area contributed by atoms with E-state index in [0.29, 0.717) is 0 Å². The molecule has 0 aliphatic heterocycles. The quantitative estimate of drug-likeness (QED) is 0.711. The highest BCUT2D eigenvalue weighted by atomic mass is 79.9. The predicted octanol–water partition coefficient (Wildman–Crippen LogP) is 3.25. The van der Waals surface area contributed by atoms with Gasteiger partial charge in [-0.15, -0.1) is 0 Å². The average molecular weight is 251 g/mol. The van der Waals surface area contributed by atoms with Gasteiger partial charge in [0.25, 0.3) is 0 Å². The number of aryl methyl sites for hydroxylation is 2. The van der Waals surface area contributed by atoms with E-state index >= 15 is 0 Å². The summed E-state index contributed by atoms with van der Waals surface area (Å²) in [5.41, 5.74) is 3.56. The molecular formula is C11H11BrN2. The summed E-state index contributed by atoms with van der Waals surface area (Å²) in [5.74, 6) is 0. The molecule has 2 aromatic heterocycles. The van der Waals surface area contributed by atoms with Crippen molar-refractivity contribution in [3.05, 3.63) is 46.5 Å². The first-order valence-corrected chi connectivity index (χ1v) is 5.24. The maximum atomic E-state index is 4.21. The van der Waals surface area contributed by atoms with Crippen molar-refractivity contribution in [2.45, 2.75) is 13.8 Å². The maximum Gasteiger partial charge on any atom is 0.106 e. The molecule has 0 unspecified atom stereocenters. The van der Waals surface area contributed by atoms with Crippen molar-refractivity contribution in [1.29, 1.82) is 0 Å². The van der Waals surface area contributed by atoms with Gasteiger partial charge in [-0.1, -0.05) is 0 Å². The van der Waals surface area contributed by atoms with E-state index in [9.17, 15) is 0 Å². The third-order valence-corrected chi connectivity index (χ3v) is 2.71. The fourth-order valence-corrected chi connectivity index (χ4v) is 1.81. The molecule has 2 nitrogen and oxygen atoms in total. The number of halogens is 1. The number of aromatic nitrogens is 2. The van der Waals surface area contributed by atoms with Crippen LogP contribution >= 0.6 is 15.9 Å². The second-order valence-electron chi connectivity index (χ2n) is 3.29. The van der Waals surface area contributed by atoms with Crippen LogP contribution in [0.15, 0.2) is 35.1 Å². The Labute approximate surface area is 91.7 Å². The van der Waals surface area contributed by atoms with Crippen LogP contribution in [-0.4, -0.2) is 9.55 Å². The Morgan fingerprint density at radius 3 is 2.21 bits per heavy atom. The van der Waals surface area contributed by atoms with Gasteiger partial charge in [-0.3, -0.25) is 0 Å². The first-order valence-electron chi connectivity index (χ1n) is 4.45. The molecular weight excluding hydrogens is 240 g/mol. The van der Waals surface area contributed by atoms with Crippen LogP contribution in [-0.2, 0) is 0 Å². The number of nitrogens with zero attached hydrogens (tertiary/aromatic N) is 2. The van der Waals surface area contributed by atoms with Gasteiger partial charge >= 0.3 is 0 Å². The van der Waals surface area contributed by atoms with Gasteiger partial charge in [0.2, 0.25) is 0 Å². The molecule has 0 saturated carbocycles. The van der Waals surface area contributed by atoms with Crippen LogP contribution in [0.1, 0.15) is 11.4 Å². The van der Waals surface area contributed by atoms with Crippen molar-refractivity contribution in [1.82, 2.24) is 9.55 Å². The lowest BCUT2D eigenvalue weighted by Gasteiger charge is -2.08. The molecule has 0 aliphatic carbocycles. The molecule has 14 heavy (non-hydrogen) atoms. The molecule has 0 spiro atoms. The van der Waals surface area contributed by atoms with Crippen molar-refractivity contribution in [2.75, 3.05) is 0 Å². The molecule has 0 bridgehead atoms. The minimum atomic E-state index is 0.865. The van der Waals surface area contributed by atoms with Gasteiger partial charge in [-0.05, 0) is 54.0 Å². The van der Waals surface area contributed by atoms with Gasteiger partial charge in [0, 0.05) is 11.4 Å². The summed E-state index contributed by atoms with van der Waals surface area (Å²) < 4.78 is 3.04. The maximum absolute atomic E-state index is 4.21. The van der Waals surface area contributed by atoms with E-state index in [0.717, 1.165) is 10.3 Å². The van der Waals surface area contributed by atoms with Gasteiger partial charge in [0.05, 0.1) is 11.9 Å². The SMILES string of the molecule is Cc1ccc(C)n1-c1ccc(Br)nc1. The lowest BCUT2D eigenvalue weighted by molar-refractivity contribution is 0.953. The summed E-state index contributed by atoms with van der Waals surface area (Å²) in [6.07, 6.45) is 1.87. The third kappa shape index (κ3) is 1.60. The molecule has 0 saturated heterocycles. The van der Waals surface area contributed by atoms with Crippen molar-refractivity contribution < 1.29 is 0 Å². The molecule has 2 rings (SSSR count). The predicted molar refractivity (Wildman–Crippen MR) is 60.7 cm³/mol. The highest BCUT2D eigenvalue weighted by molar-refractivity contribution is 9.10. The second-order valence-corrected chi connectivity index (χ2v) is 4.10. The van der Waals surface area contributed by atoms with E-state index < -0.39 is 0 Å². The summed E-state index contributed by atoms with van der Waals surface area (Å²) in [5, 5.41) is 0. The van der Waals surface area contributed by atoms with Gasteiger partial charge < -0.3 is 4.57 Å². The highest BCUT2D eigenvalue weighted by Gasteiger charge is 2.03. The lowest BCUT2D eigenvalue weighted by atomic mass is 10.4. The average Bonchev–Trinajstić information content (AvgIpc) is 2.49.